The van der Waals surface area contributed by atoms with E-state index in [1.54, 1.807) is 22.0 Å². The third-order valence-corrected chi connectivity index (χ3v) is 8.93. The van der Waals surface area contributed by atoms with Crippen LogP contribution in [0.2, 0.25) is 0 Å². The highest BCUT2D eigenvalue weighted by molar-refractivity contribution is 9.09. The largest absolute Gasteiger partial charge is 0.465 e. The van der Waals surface area contributed by atoms with Crippen molar-refractivity contribution >= 4 is 33.7 Å². The zero-order valence-electron chi connectivity index (χ0n) is 21.7. The molecule has 0 saturated carbocycles. The van der Waals surface area contributed by atoms with E-state index in [-0.39, 0.29) is 35.8 Å². The zero-order chi connectivity index (χ0) is 26.6. The maximum atomic E-state index is 14.2. The van der Waals surface area contributed by atoms with Crippen LogP contribution < -0.4 is 0 Å². The summed E-state index contributed by atoms with van der Waals surface area (Å²) >= 11 is 3.67. The van der Waals surface area contributed by atoms with Gasteiger partial charge in [0.05, 0.1) is 37.2 Å². The third-order valence-electron chi connectivity index (χ3n) is 8.09. The number of likely N-dealkylation sites (tertiary alicyclic amines) is 1. The van der Waals surface area contributed by atoms with Crippen LogP contribution in [0.15, 0.2) is 25.3 Å². The number of hydrogen-bond donors (Lipinski definition) is 1. The first-order valence-electron chi connectivity index (χ1n) is 13.2. The Bertz CT molecular complexity index is 852. The minimum atomic E-state index is -1.17. The number of ether oxygens (including phenoxy) is 2. The van der Waals surface area contributed by atoms with Crippen molar-refractivity contribution in [3.8, 4) is 0 Å². The Kier molecular flexibility index (Phi) is 9.80. The lowest BCUT2D eigenvalue weighted by molar-refractivity contribution is -0.157. The number of hydrogen-bond acceptors (Lipinski definition) is 6. The second-order valence-electron chi connectivity index (χ2n) is 10.2. The van der Waals surface area contributed by atoms with Crippen LogP contribution in [-0.4, -0.2) is 87.6 Å². The molecular weight excluding hydrogens is 528 g/mol. The van der Waals surface area contributed by atoms with Gasteiger partial charge in [-0.15, -0.1) is 13.2 Å². The lowest BCUT2D eigenvalue weighted by Gasteiger charge is -2.41. The van der Waals surface area contributed by atoms with E-state index in [0.29, 0.717) is 25.9 Å². The molecule has 3 fully saturated rings. The summed E-state index contributed by atoms with van der Waals surface area (Å²) in [4.78, 5) is 44.7. The van der Waals surface area contributed by atoms with Gasteiger partial charge in [0.1, 0.15) is 11.6 Å². The molecule has 202 valence electrons. The standard InChI is InChI=1S/C27H41BrN2O6/c1-6-10-13-29(12-8-3)25(33)23-27-15-18(28)22(36-27)20(26(34)35-14-11-7-2)21(27)24(32)30(23)19(16-31)17(5)9-4/h7-8,17-23,31H,2-3,6,9-16H2,1,4-5H3/t17-,18?,19-,20-,21-,22-,23?,27?/m0/s1. The topological polar surface area (TPSA) is 96.4 Å². The molecule has 2 bridgehead atoms. The van der Waals surface area contributed by atoms with Crippen molar-refractivity contribution in [2.45, 2.75) is 81.5 Å². The summed E-state index contributed by atoms with van der Waals surface area (Å²) in [5.41, 5.74) is -1.17. The van der Waals surface area contributed by atoms with Crippen molar-refractivity contribution in [2.75, 3.05) is 26.3 Å². The SMILES string of the molecule is C=CCCOC(=O)[C@H]1[C@H]2C(=O)N([C@@H](CO)[C@@H](C)CC)C(C(=O)N(CC=C)CCCC)C23CC(Br)[C@@H]1O3. The summed E-state index contributed by atoms with van der Waals surface area (Å²) in [5.74, 6) is -2.73. The molecule has 3 aliphatic heterocycles. The van der Waals surface area contributed by atoms with Gasteiger partial charge in [-0.3, -0.25) is 14.4 Å². The summed E-state index contributed by atoms with van der Waals surface area (Å²) in [5, 5.41) is 10.4. The fourth-order valence-electron chi connectivity index (χ4n) is 6.10. The van der Waals surface area contributed by atoms with Crippen molar-refractivity contribution < 1.29 is 29.0 Å². The van der Waals surface area contributed by atoms with E-state index in [2.05, 4.69) is 36.0 Å². The number of esters is 1. The number of aliphatic hydroxyl groups is 1. The molecule has 36 heavy (non-hydrogen) atoms. The highest BCUT2D eigenvalue weighted by atomic mass is 79.9. The Morgan fingerprint density at radius 1 is 1.36 bits per heavy atom. The quantitative estimate of drug-likeness (QED) is 0.150. The number of aliphatic hydroxyl groups excluding tert-OH is 1. The third kappa shape index (κ3) is 4.90. The van der Waals surface area contributed by atoms with Crippen LogP contribution in [0.1, 0.15) is 52.9 Å². The van der Waals surface area contributed by atoms with Crippen molar-refractivity contribution in [2.24, 2.45) is 17.8 Å². The van der Waals surface area contributed by atoms with E-state index in [1.807, 2.05) is 13.8 Å². The van der Waals surface area contributed by atoms with Crippen LogP contribution in [0.5, 0.6) is 0 Å². The minimum absolute atomic E-state index is 0.0528. The van der Waals surface area contributed by atoms with Crippen LogP contribution in [0.4, 0.5) is 0 Å². The number of nitrogens with zero attached hydrogens (tertiary/aromatic N) is 2. The van der Waals surface area contributed by atoms with Crippen LogP contribution in [0.25, 0.3) is 0 Å². The second kappa shape index (κ2) is 12.2. The van der Waals surface area contributed by atoms with Crippen LogP contribution >= 0.6 is 15.9 Å². The molecule has 8 atom stereocenters. The number of rotatable bonds is 14. The first kappa shape index (κ1) is 28.9. The monoisotopic (exact) mass is 568 g/mol. The molecule has 1 N–H and O–H groups in total. The molecule has 0 aromatic heterocycles. The lowest BCUT2D eigenvalue weighted by Crippen LogP contribution is -2.60. The highest BCUT2D eigenvalue weighted by Crippen LogP contribution is 2.61. The Hall–Kier alpha value is -1.71. The number of alkyl halides is 1. The number of fused-ring (bicyclic) bond motifs is 1. The van der Waals surface area contributed by atoms with Gasteiger partial charge in [0.25, 0.3) is 0 Å². The predicted molar refractivity (Wildman–Crippen MR) is 140 cm³/mol. The average Bonchev–Trinajstić information content (AvgIpc) is 3.45. The molecule has 3 saturated heterocycles. The van der Waals surface area contributed by atoms with Crippen molar-refractivity contribution in [1.29, 1.82) is 0 Å². The van der Waals surface area contributed by atoms with Crippen LogP contribution in [-0.2, 0) is 23.9 Å². The first-order valence-corrected chi connectivity index (χ1v) is 14.1. The minimum Gasteiger partial charge on any atom is -0.465 e. The molecule has 0 aromatic rings. The summed E-state index contributed by atoms with van der Waals surface area (Å²) in [6, 6.07) is -1.50. The fraction of sp³-hybridized carbons (Fsp3) is 0.741. The molecule has 2 amide bonds. The number of amides is 2. The van der Waals surface area contributed by atoms with Gasteiger partial charge >= 0.3 is 5.97 Å². The molecule has 0 aliphatic carbocycles. The Morgan fingerprint density at radius 3 is 2.67 bits per heavy atom. The maximum Gasteiger partial charge on any atom is 0.312 e. The van der Waals surface area contributed by atoms with E-state index in [0.717, 1.165) is 19.3 Å². The van der Waals surface area contributed by atoms with E-state index >= 15 is 0 Å². The number of halogens is 1. The second-order valence-corrected chi connectivity index (χ2v) is 11.4. The Balaban J connectivity index is 2.08. The van der Waals surface area contributed by atoms with Crippen molar-refractivity contribution in [1.82, 2.24) is 9.80 Å². The number of carbonyl (C=O) groups excluding carboxylic acids is 3. The van der Waals surface area contributed by atoms with Gasteiger partial charge in [0.2, 0.25) is 11.8 Å². The molecule has 9 heteroatoms. The number of carbonyl (C=O) groups is 3. The molecule has 3 rings (SSSR count). The van der Waals surface area contributed by atoms with Gasteiger partial charge in [0, 0.05) is 17.9 Å². The first-order chi connectivity index (χ1) is 17.2. The summed E-state index contributed by atoms with van der Waals surface area (Å²) in [6.45, 7) is 14.3. The van der Waals surface area contributed by atoms with Gasteiger partial charge in [-0.2, -0.15) is 0 Å². The van der Waals surface area contributed by atoms with Gasteiger partial charge < -0.3 is 24.4 Å². The molecule has 3 heterocycles. The fourth-order valence-corrected chi connectivity index (χ4v) is 7.04. The summed E-state index contributed by atoms with van der Waals surface area (Å²) in [7, 11) is 0. The van der Waals surface area contributed by atoms with E-state index in [1.165, 1.54) is 0 Å². The van der Waals surface area contributed by atoms with Crippen LogP contribution in [0.3, 0.4) is 0 Å². The normalized spacial score (nSPS) is 32.2. The van der Waals surface area contributed by atoms with E-state index in [9.17, 15) is 19.5 Å². The van der Waals surface area contributed by atoms with E-state index < -0.39 is 41.6 Å². The molecule has 0 radical (unpaired) electrons. The highest BCUT2D eigenvalue weighted by Gasteiger charge is 2.77. The summed E-state index contributed by atoms with van der Waals surface area (Å²) in [6.07, 6.45) is 6.16. The predicted octanol–water partition coefficient (Wildman–Crippen LogP) is 3.08. The molecule has 0 aromatic carbocycles. The smallest absolute Gasteiger partial charge is 0.312 e. The number of unbranched alkanes of at least 4 members (excludes halogenated alkanes) is 1. The van der Waals surface area contributed by atoms with Gasteiger partial charge in [-0.1, -0.05) is 61.7 Å². The zero-order valence-corrected chi connectivity index (χ0v) is 23.3. The lowest BCUT2D eigenvalue weighted by atomic mass is 9.70. The van der Waals surface area contributed by atoms with Gasteiger partial charge in [-0.05, 0) is 25.2 Å². The molecular formula is C27H41BrN2O6. The van der Waals surface area contributed by atoms with Gasteiger partial charge in [-0.25, -0.2) is 0 Å². The molecule has 3 aliphatic rings. The van der Waals surface area contributed by atoms with Crippen molar-refractivity contribution in [3.05, 3.63) is 25.3 Å². The summed E-state index contributed by atoms with van der Waals surface area (Å²) < 4.78 is 12.0. The van der Waals surface area contributed by atoms with Crippen molar-refractivity contribution in [3.63, 3.8) is 0 Å². The Morgan fingerprint density at radius 2 is 2.08 bits per heavy atom. The molecule has 8 nitrogen and oxygen atoms in total. The molecule has 3 unspecified atom stereocenters. The average molecular weight is 570 g/mol. The van der Waals surface area contributed by atoms with E-state index in [4.69, 9.17) is 9.47 Å². The van der Waals surface area contributed by atoms with Gasteiger partial charge in [0.15, 0.2) is 0 Å². The Labute approximate surface area is 223 Å². The molecule has 1 spiro atoms. The van der Waals surface area contributed by atoms with Crippen LogP contribution in [0, 0.1) is 17.8 Å². The maximum absolute atomic E-state index is 14.2.